The summed E-state index contributed by atoms with van der Waals surface area (Å²) < 4.78 is 0. The minimum absolute atomic E-state index is 0.0654. The molecule has 0 radical (unpaired) electrons. The lowest BCUT2D eigenvalue weighted by Gasteiger charge is -2.25. The number of nitrogens with two attached hydrogens (primary N) is 1. The van der Waals surface area contributed by atoms with E-state index in [0.29, 0.717) is 6.04 Å². The van der Waals surface area contributed by atoms with Gasteiger partial charge in [-0.1, -0.05) is 30.3 Å². The predicted octanol–water partition coefficient (Wildman–Crippen LogP) is 1.07. The largest absolute Gasteiger partial charge is 0.340 e. The van der Waals surface area contributed by atoms with Crippen LogP contribution in [0.5, 0.6) is 0 Å². The molecule has 19 heavy (non-hydrogen) atoms. The van der Waals surface area contributed by atoms with E-state index in [-0.39, 0.29) is 5.91 Å². The number of carbonyl (C=O) groups excluding carboxylic acids is 1. The SMILES string of the molecule is C[C@H](N)C(=O)N1CCC(N(C)Cc2ccccc2)C1. The molecule has 1 aliphatic rings. The van der Waals surface area contributed by atoms with Crippen molar-refractivity contribution in [2.45, 2.75) is 32.0 Å². The fraction of sp³-hybridized carbons (Fsp3) is 0.533. The molecule has 1 amide bonds. The number of hydrogen-bond acceptors (Lipinski definition) is 3. The summed E-state index contributed by atoms with van der Waals surface area (Å²) in [6, 6.07) is 10.5. The third-order valence-electron chi connectivity index (χ3n) is 3.76. The van der Waals surface area contributed by atoms with Gasteiger partial charge < -0.3 is 10.6 Å². The van der Waals surface area contributed by atoms with Crippen LogP contribution in [0.2, 0.25) is 0 Å². The molecule has 4 nitrogen and oxygen atoms in total. The van der Waals surface area contributed by atoms with Crippen molar-refractivity contribution in [2.75, 3.05) is 20.1 Å². The molecule has 104 valence electrons. The van der Waals surface area contributed by atoms with Gasteiger partial charge in [0.25, 0.3) is 0 Å². The molecule has 0 aromatic heterocycles. The Kier molecular flexibility index (Phi) is 4.56. The Morgan fingerprint density at radius 1 is 1.47 bits per heavy atom. The van der Waals surface area contributed by atoms with E-state index >= 15 is 0 Å². The quantitative estimate of drug-likeness (QED) is 0.882. The Balaban J connectivity index is 1.88. The van der Waals surface area contributed by atoms with Crippen LogP contribution in [-0.4, -0.2) is 47.9 Å². The number of benzene rings is 1. The zero-order valence-electron chi connectivity index (χ0n) is 11.7. The lowest BCUT2D eigenvalue weighted by Crippen LogP contribution is -2.42. The number of carbonyl (C=O) groups is 1. The highest BCUT2D eigenvalue weighted by molar-refractivity contribution is 5.81. The fourth-order valence-corrected chi connectivity index (χ4v) is 2.59. The first-order valence-corrected chi connectivity index (χ1v) is 6.86. The molecular weight excluding hydrogens is 238 g/mol. The van der Waals surface area contributed by atoms with Crippen molar-refractivity contribution in [3.63, 3.8) is 0 Å². The van der Waals surface area contributed by atoms with Crippen molar-refractivity contribution >= 4 is 5.91 Å². The van der Waals surface area contributed by atoms with Gasteiger partial charge in [0.15, 0.2) is 0 Å². The van der Waals surface area contributed by atoms with Gasteiger partial charge in [-0.3, -0.25) is 9.69 Å². The van der Waals surface area contributed by atoms with Crippen molar-refractivity contribution in [1.29, 1.82) is 0 Å². The first kappa shape index (κ1) is 14.0. The molecule has 1 heterocycles. The maximum Gasteiger partial charge on any atom is 0.239 e. The highest BCUT2D eigenvalue weighted by Crippen LogP contribution is 2.17. The van der Waals surface area contributed by atoms with E-state index in [2.05, 4.69) is 36.2 Å². The second-order valence-corrected chi connectivity index (χ2v) is 5.42. The molecular formula is C15H23N3O. The lowest BCUT2D eigenvalue weighted by atomic mass is 10.1. The van der Waals surface area contributed by atoms with Crippen LogP contribution in [-0.2, 0) is 11.3 Å². The van der Waals surface area contributed by atoms with Gasteiger partial charge in [0.2, 0.25) is 5.91 Å². The summed E-state index contributed by atoms with van der Waals surface area (Å²) in [5.41, 5.74) is 6.96. The minimum Gasteiger partial charge on any atom is -0.340 e. The van der Waals surface area contributed by atoms with Crippen LogP contribution < -0.4 is 5.73 Å². The normalized spacial score (nSPS) is 20.8. The third-order valence-corrected chi connectivity index (χ3v) is 3.76. The molecule has 1 aliphatic heterocycles. The Bertz CT molecular complexity index is 419. The van der Waals surface area contributed by atoms with Crippen molar-refractivity contribution in [3.8, 4) is 0 Å². The van der Waals surface area contributed by atoms with Crippen molar-refractivity contribution < 1.29 is 4.79 Å². The second kappa shape index (κ2) is 6.17. The number of likely N-dealkylation sites (N-methyl/N-ethyl adjacent to an activating group) is 1. The van der Waals surface area contributed by atoms with E-state index < -0.39 is 6.04 Å². The molecule has 1 aromatic rings. The summed E-state index contributed by atoms with van der Waals surface area (Å²) in [7, 11) is 2.12. The summed E-state index contributed by atoms with van der Waals surface area (Å²) in [4.78, 5) is 16.1. The van der Waals surface area contributed by atoms with E-state index in [4.69, 9.17) is 5.73 Å². The molecule has 1 unspecified atom stereocenters. The molecule has 1 fully saturated rings. The van der Waals surface area contributed by atoms with Gasteiger partial charge in [0, 0.05) is 25.7 Å². The maximum atomic E-state index is 11.9. The van der Waals surface area contributed by atoms with Gasteiger partial charge in [0.05, 0.1) is 6.04 Å². The van der Waals surface area contributed by atoms with Crippen molar-refractivity contribution in [2.24, 2.45) is 5.73 Å². The Morgan fingerprint density at radius 2 is 2.16 bits per heavy atom. The average Bonchev–Trinajstić information content (AvgIpc) is 2.88. The summed E-state index contributed by atoms with van der Waals surface area (Å²) in [6.07, 6.45) is 1.03. The van der Waals surface area contributed by atoms with Crippen LogP contribution in [0, 0.1) is 0 Å². The molecule has 2 N–H and O–H groups in total. The molecule has 0 spiro atoms. The van der Waals surface area contributed by atoms with E-state index in [1.165, 1.54) is 5.56 Å². The molecule has 2 rings (SSSR count). The zero-order chi connectivity index (χ0) is 13.8. The zero-order valence-corrected chi connectivity index (χ0v) is 11.7. The number of hydrogen-bond donors (Lipinski definition) is 1. The van der Waals surface area contributed by atoms with Crippen LogP contribution in [0.3, 0.4) is 0 Å². The standard InChI is InChI=1S/C15H23N3O/c1-12(16)15(19)18-9-8-14(11-18)17(2)10-13-6-4-3-5-7-13/h3-7,12,14H,8-11,16H2,1-2H3/t12-,14?/m0/s1. The van der Waals surface area contributed by atoms with Gasteiger partial charge in [-0.2, -0.15) is 0 Å². The summed E-state index contributed by atoms with van der Waals surface area (Å²) in [5.74, 6) is 0.0654. The molecule has 0 bridgehead atoms. The monoisotopic (exact) mass is 261 g/mol. The highest BCUT2D eigenvalue weighted by Gasteiger charge is 2.29. The Morgan fingerprint density at radius 3 is 2.79 bits per heavy atom. The number of likely N-dealkylation sites (tertiary alicyclic amines) is 1. The Labute approximate surface area is 115 Å². The fourth-order valence-electron chi connectivity index (χ4n) is 2.59. The highest BCUT2D eigenvalue weighted by atomic mass is 16.2. The smallest absolute Gasteiger partial charge is 0.239 e. The topological polar surface area (TPSA) is 49.6 Å². The minimum atomic E-state index is -0.391. The van der Waals surface area contributed by atoms with Gasteiger partial charge >= 0.3 is 0 Å². The maximum absolute atomic E-state index is 11.9. The van der Waals surface area contributed by atoms with Crippen LogP contribution in [0.1, 0.15) is 18.9 Å². The van der Waals surface area contributed by atoms with Crippen LogP contribution in [0.4, 0.5) is 0 Å². The summed E-state index contributed by atoms with van der Waals surface area (Å²) in [6.45, 7) is 4.29. The van der Waals surface area contributed by atoms with E-state index in [9.17, 15) is 4.79 Å². The second-order valence-electron chi connectivity index (χ2n) is 5.42. The number of amides is 1. The first-order chi connectivity index (χ1) is 9.08. The Hall–Kier alpha value is -1.39. The molecule has 1 aromatic carbocycles. The van der Waals surface area contributed by atoms with Gasteiger partial charge in [-0.25, -0.2) is 0 Å². The summed E-state index contributed by atoms with van der Waals surface area (Å²) in [5, 5.41) is 0. The third kappa shape index (κ3) is 3.55. The van der Waals surface area contributed by atoms with Crippen LogP contribution >= 0.6 is 0 Å². The molecule has 4 heteroatoms. The molecule has 0 aliphatic carbocycles. The van der Waals surface area contributed by atoms with Gasteiger partial charge in [-0.05, 0) is 26.0 Å². The molecule has 1 saturated heterocycles. The van der Waals surface area contributed by atoms with E-state index in [1.54, 1.807) is 6.92 Å². The van der Waals surface area contributed by atoms with Gasteiger partial charge in [-0.15, -0.1) is 0 Å². The molecule has 0 saturated carbocycles. The lowest BCUT2D eigenvalue weighted by molar-refractivity contribution is -0.131. The average molecular weight is 261 g/mol. The summed E-state index contributed by atoms with van der Waals surface area (Å²) >= 11 is 0. The molecule has 2 atom stereocenters. The predicted molar refractivity (Wildman–Crippen MR) is 76.5 cm³/mol. The van der Waals surface area contributed by atoms with Crippen molar-refractivity contribution in [3.05, 3.63) is 35.9 Å². The van der Waals surface area contributed by atoms with Crippen molar-refractivity contribution in [1.82, 2.24) is 9.80 Å². The van der Waals surface area contributed by atoms with Crippen LogP contribution in [0.15, 0.2) is 30.3 Å². The van der Waals surface area contributed by atoms with Gasteiger partial charge in [0.1, 0.15) is 0 Å². The first-order valence-electron chi connectivity index (χ1n) is 6.86. The van der Waals surface area contributed by atoms with Crippen LogP contribution in [0.25, 0.3) is 0 Å². The van der Waals surface area contributed by atoms with E-state index in [0.717, 1.165) is 26.1 Å². The van der Waals surface area contributed by atoms with E-state index in [1.807, 2.05) is 11.0 Å². The number of nitrogens with zero attached hydrogens (tertiary/aromatic N) is 2. The number of rotatable bonds is 4.